The van der Waals surface area contributed by atoms with Gasteiger partial charge in [0.1, 0.15) is 11.5 Å². The van der Waals surface area contributed by atoms with Gasteiger partial charge in [0.2, 0.25) is 0 Å². The van der Waals surface area contributed by atoms with Crippen molar-refractivity contribution in [1.29, 1.82) is 5.26 Å². The maximum absolute atomic E-state index is 13.6. The molecule has 0 radical (unpaired) electrons. The van der Waals surface area contributed by atoms with Crippen LogP contribution >= 0.6 is 11.6 Å². The van der Waals surface area contributed by atoms with Crippen LogP contribution < -0.4 is 16.0 Å². The molecule has 234 valence electrons. The van der Waals surface area contributed by atoms with Crippen LogP contribution in [-0.2, 0) is 13.0 Å². The third-order valence-electron chi connectivity index (χ3n) is 8.53. The molecule has 4 aromatic rings. The van der Waals surface area contributed by atoms with Gasteiger partial charge < -0.3 is 25.3 Å². The molecule has 0 bridgehead atoms. The smallest absolute Gasteiger partial charge is 0.253 e. The van der Waals surface area contributed by atoms with Crippen molar-refractivity contribution in [2.24, 2.45) is 0 Å². The normalized spacial score (nSPS) is 16.3. The van der Waals surface area contributed by atoms with Crippen molar-refractivity contribution >= 4 is 17.5 Å². The Morgan fingerprint density at radius 1 is 1.09 bits per heavy atom. The van der Waals surface area contributed by atoms with E-state index in [9.17, 15) is 10.1 Å². The highest BCUT2D eigenvalue weighted by Crippen LogP contribution is 2.28. The highest BCUT2D eigenvalue weighted by molar-refractivity contribution is 6.34. The van der Waals surface area contributed by atoms with Crippen LogP contribution in [0.15, 0.2) is 83.3 Å². The van der Waals surface area contributed by atoms with E-state index < -0.39 is 0 Å². The minimum atomic E-state index is -0.221. The van der Waals surface area contributed by atoms with E-state index in [1.54, 1.807) is 12.1 Å². The van der Waals surface area contributed by atoms with Crippen LogP contribution in [0.1, 0.15) is 64.2 Å². The quantitative estimate of drug-likeness (QED) is 0.154. The van der Waals surface area contributed by atoms with Gasteiger partial charge in [-0.05, 0) is 107 Å². The van der Waals surface area contributed by atoms with Gasteiger partial charge >= 0.3 is 0 Å². The zero-order chi connectivity index (χ0) is 31.8. The van der Waals surface area contributed by atoms with Gasteiger partial charge in [0.25, 0.3) is 5.91 Å². The van der Waals surface area contributed by atoms with Crippen molar-refractivity contribution in [2.75, 3.05) is 26.7 Å². The number of rotatable bonds is 13. The molecule has 3 N–H and O–H groups in total. The molecule has 7 nitrogen and oxygen atoms in total. The monoisotopic (exact) mass is 623 g/mol. The number of likely N-dealkylation sites (N-methyl/N-ethyl adjacent to an activating group) is 1. The molecule has 0 aliphatic carbocycles. The molecule has 1 fully saturated rings. The predicted molar refractivity (Wildman–Crippen MR) is 180 cm³/mol. The van der Waals surface area contributed by atoms with Gasteiger partial charge in [0, 0.05) is 30.2 Å². The van der Waals surface area contributed by atoms with E-state index in [2.05, 4.69) is 72.1 Å². The average Bonchev–Trinajstić information content (AvgIpc) is 3.69. The Kier molecular flexibility index (Phi) is 11.1. The average molecular weight is 624 g/mol. The molecular formula is C37H42ClN5O2. The number of nitrogens with one attached hydrogen (secondary N) is 3. The van der Waals surface area contributed by atoms with Crippen molar-refractivity contribution in [3.05, 3.63) is 117 Å². The summed E-state index contributed by atoms with van der Waals surface area (Å²) >= 11 is 6.57. The Hall–Kier alpha value is -3.93. The van der Waals surface area contributed by atoms with E-state index in [0.717, 1.165) is 49.4 Å². The number of halogens is 1. The summed E-state index contributed by atoms with van der Waals surface area (Å²) in [5.41, 5.74) is 5.34. The molecule has 1 saturated heterocycles. The molecule has 8 heteroatoms. The third kappa shape index (κ3) is 9.06. The molecule has 5 rings (SSSR count). The predicted octanol–water partition coefficient (Wildman–Crippen LogP) is 6.66. The van der Waals surface area contributed by atoms with E-state index >= 15 is 0 Å². The Morgan fingerprint density at radius 2 is 1.87 bits per heavy atom. The summed E-state index contributed by atoms with van der Waals surface area (Å²) < 4.78 is 6.17. The Labute approximate surface area is 271 Å². The lowest BCUT2D eigenvalue weighted by Gasteiger charge is -2.21. The number of furan rings is 1. The van der Waals surface area contributed by atoms with Crippen LogP contribution in [0.4, 0.5) is 0 Å². The van der Waals surface area contributed by atoms with Gasteiger partial charge in [-0.3, -0.25) is 4.79 Å². The number of hydrogen-bond donors (Lipinski definition) is 3. The molecule has 2 heterocycles. The van der Waals surface area contributed by atoms with Crippen molar-refractivity contribution in [3.63, 3.8) is 0 Å². The maximum Gasteiger partial charge on any atom is 0.253 e. The summed E-state index contributed by atoms with van der Waals surface area (Å²) in [4.78, 5) is 16.0. The van der Waals surface area contributed by atoms with E-state index in [4.69, 9.17) is 16.0 Å². The van der Waals surface area contributed by atoms with Crippen LogP contribution in [0.25, 0.3) is 11.3 Å². The topological polar surface area (TPSA) is 93.3 Å². The number of amides is 1. The maximum atomic E-state index is 13.6. The molecule has 0 spiro atoms. The molecule has 45 heavy (non-hydrogen) atoms. The van der Waals surface area contributed by atoms with Gasteiger partial charge in [-0.25, -0.2) is 0 Å². The highest BCUT2D eigenvalue weighted by Gasteiger charge is 2.21. The lowest BCUT2D eigenvalue weighted by Crippen LogP contribution is -2.40. The third-order valence-corrected chi connectivity index (χ3v) is 8.86. The Morgan fingerprint density at radius 3 is 2.58 bits per heavy atom. The van der Waals surface area contributed by atoms with Crippen LogP contribution in [0, 0.1) is 18.3 Å². The number of nitrogens with zero attached hydrogens (tertiary/aromatic N) is 2. The Bertz CT molecular complexity index is 1610. The summed E-state index contributed by atoms with van der Waals surface area (Å²) in [5.74, 6) is 1.27. The van der Waals surface area contributed by atoms with Crippen molar-refractivity contribution < 1.29 is 9.21 Å². The molecule has 0 saturated carbocycles. The number of nitriles is 1. The van der Waals surface area contributed by atoms with Crippen molar-refractivity contribution in [3.8, 4) is 17.4 Å². The zero-order valence-electron chi connectivity index (χ0n) is 26.3. The van der Waals surface area contributed by atoms with E-state index in [0.29, 0.717) is 40.9 Å². The first-order valence-corrected chi connectivity index (χ1v) is 16.1. The number of hydrogen-bond acceptors (Lipinski definition) is 6. The number of carbonyl (C=O) groups excluding carboxylic acids is 1. The summed E-state index contributed by atoms with van der Waals surface area (Å²) in [6.07, 6.45) is 2.54. The minimum Gasteiger partial charge on any atom is -0.460 e. The first-order chi connectivity index (χ1) is 21.8. The van der Waals surface area contributed by atoms with Crippen LogP contribution in [0.2, 0.25) is 5.02 Å². The largest absolute Gasteiger partial charge is 0.460 e. The number of benzene rings is 3. The SMILES string of the molecule is Cc1ccc([C@@H](C)NCc2ccc(-c3ccc(Cl)c(C(=O)N[C@@H](CCN[C@H]4CCN(C)C4)Cc4ccc(C#N)cc4)c3)o2)cc1. The van der Waals surface area contributed by atoms with Gasteiger partial charge in [-0.2, -0.15) is 5.26 Å². The molecule has 1 aliphatic rings. The second-order valence-electron chi connectivity index (χ2n) is 12.1. The van der Waals surface area contributed by atoms with E-state index in [-0.39, 0.29) is 18.0 Å². The molecule has 1 aromatic heterocycles. The molecule has 3 aromatic carbocycles. The van der Waals surface area contributed by atoms with Gasteiger partial charge in [-0.1, -0.05) is 53.6 Å². The first kappa shape index (κ1) is 32.5. The minimum absolute atomic E-state index is 0.117. The second-order valence-corrected chi connectivity index (χ2v) is 12.6. The summed E-state index contributed by atoms with van der Waals surface area (Å²) in [5, 5.41) is 20.0. The summed E-state index contributed by atoms with van der Waals surface area (Å²) in [7, 11) is 2.14. The van der Waals surface area contributed by atoms with Crippen LogP contribution in [0.5, 0.6) is 0 Å². The van der Waals surface area contributed by atoms with Crippen LogP contribution in [0.3, 0.4) is 0 Å². The summed E-state index contributed by atoms with van der Waals surface area (Å²) in [6, 6.07) is 28.1. The molecule has 1 amide bonds. The molecular weight excluding hydrogens is 582 g/mol. The standard InChI is InChI=1S/C37H42ClN5O2/c1-25-4-10-29(11-5-25)26(2)41-23-33-13-15-36(45-33)30-12-14-35(38)34(21-30)37(44)42-31(16-18-40-32-17-19-43(3)24-32)20-27-6-8-28(22-39)9-7-27/h4-15,21,26,31-32,40-41H,16-20,23-24H2,1-3H3,(H,42,44)/t26-,31+,32+/m1/s1. The number of carbonyl (C=O) groups is 1. The number of aryl methyl sites for hydroxylation is 1. The lowest BCUT2D eigenvalue weighted by molar-refractivity contribution is 0.0935. The van der Waals surface area contributed by atoms with Gasteiger partial charge in [0.05, 0.1) is 28.8 Å². The molecule has 0 unspecified atom stereocenters. The fraction of sp³-hybridized carbons (Fsp3) is 0.351. The molecule has 1 aliphatic heterocycles. The van der Waals surface area contributed by atoms with E-state index in [1.807, 2.05) is 42.5 Å². The number of likely N-dealkylation sites (tertiary alicyclic amines) is 1. The van der Waals surface area contributed by atoms with Gasteiger partial charge in [0.15, 0.2) is 0 Å². The zero-order valence-corrected chi connectivity index (χ0v) is 27.0. The second kappa shape index (κ2) is 15.4. The first-order valence-electron chi connectivity index (χ1n) is 15.7. The fourth-order valence-electron chi connectivity index (χ4n) is 5.76. The lowest BCUT2D eigenvalue weighted by atomic mass is 10.0. The van der Waals surface area contributed by atoms with Crippen LogP contribution in [-0.4, -0.2) is 49.6 Å². The van der Waals surface area contributed by atoms with Crippen molar-refractivity contribution in [2.45, 2.75) is 57.8 Å². The van der Waals surface area contributed by atoms with Gasteiger partial charge in [-0.15, -0.1) is 0 Å². The van der Waals surface area contributed by atoms with E-state index in [1.165, 1.54) is 11.1 Å². The summed E-state index contributed by atoms with van der Waals surface area (Å²) in [6.45, 7) is 7.72. The molecule has 3 atom stereocenters. The van der Waals surface area contributed by atoms with Crippen molar-refractivity contribution in [1.82, 2.24) is 20.9 Å². The Balaban J connectivity index is 1.24. The highest BCUT2D eigenvalue weighted by atomic mass is 35.5. The fourth-order valence-corrected chi connectivity index (χ4v) is 5.96.